The zero-order valence-electron chi connectivity index (χ0n) is 9.48. The summed E-state index contributed by atoms with van der Waals surface area (Å²) in [5.41, 5.74) is 0. The molecule has 0 saturated carbocycles. The van der Waals surface area contributed by atoms with Gasteiger partial charge >= 0.3 is 0 Å². The number of alkyl halides is 1. The lowest BCUT2D eigenvalue weighted by Gasteiger charge is -2.14. The SMILES string of the molecule is CCCCCCC(C)NC(=O)C(C)Cl. The number of hydrogen-bond donors (Lipinski definition) is 1. The molecule has 0 radical (unpaired) electrons. The summed E-state index contributed by atoms with van der Waals surface area (Å²) >= 11 is 5.64. The van der Waals surface area contributed by atoms with Crippen LogP contribution in [0.25, 0.3) is 0 Å². The maximum Gasteiger partial charge on any atom is 0.237 e. The minimum absolute atomic E-state index is 0.0605. The number of hydrogen-bond acceptors (Lipinski definition) is 1. The van der Waals surface area contributed by atoms with Gasteiger partial charge in [0.05, 0.1) is 0 Å². The molecule has 14 heavy (non-hydrogen) atoms. The van der Waals surface area contributed by atoms with E-state index in [9.17, 15) is 4.79 Å². The van der Waals surface area contributed by atoms with E-state index in [1.54, 1.807) is 6.92 Å². The zero-order chi connectivity index (χ0) is 11.0. The van der Waals surface area contributed by atoms with Crippen molar-refractivity contribution in [3.63, 3.8) is 0 Å². The van der Waals surface area contributed by atoms with Crippen LogP contribution in [0.1, 0.15) is 52.9 Å². The Morgan fingerprint density at radius 3 is 2.43 bits per heavy atom. The average Bonchev–Trinajstić information content (AvgIpc) is 2.12. The lowest BCUT2D eigenvalue weighted by molar-refractivity contribution is -0.121. The summed E-state index contributed by atoms with van der Waals surface area (Å²) < 4.78 is 0. The number of rotatable bonds is 7. The molecule has 0 aromatic carbocycles. The molecule has 0 aromatic rings. The maximum absolute atomic E-state index is 11.2. The maximum atomic E-state index is 11.2. The fourth-order valence-electron chi connectivity index (χ4n) is 1.31. The highest BCUT2D eigenvalue weighted by atomic mass is 35.5. The van der Waals surface area contributed by atoms with E-state index in [-0.39, 0.29) is 11.9 Å². The van der Waals surface area contributed by atoms with Gasteiger partial charge in [-0.1, -0.05) is 32.6 Å². The molecule has 3 heteroatoms. The summed E-state index contributed by atoms with van der Waals surface area (Å²) in [6.07, 6.45) is 6.03. The van der Waals surface area contributed by atoms with Crippen LogP contribution in [0.2, 0.25) is 0 Å². The number of carbonyl (C=O) groups excluding carboxylic acids is 1. The van der Waals surface area contributed by atoms with Crippen LogP contribution in [0.4, 0.5) is 0 Å². The molecule has 0 rings (SSSR count). The van der Waals surface area contributed by atoms with Crippen molar-refractivity contribution < 1.29 is 4.79 Å². The third kappa shape index (κ3) is 7.19. The minimum Gasteiger partial charge on any atom is -0.352 e. The largest absolute Gasteiger partial charge is 0.352 e. The number of unbranched alkanes of at least 4 members (excludes halogenated alkanes) is 3. The molecule has 0 aliphatic carbocycles. The monoisotopic (exact) mass is 219 g/mol. The molecule has 1 amide bonds. The molecule has 1 N–H and O–H groups in total. The third-order valence-electron chi connectivity index (χ3n) is 2.24. The van der Waals surface area contributed by atoms with Crippen LogP contribution in [0.15, 0.2) is 0 Å². The Kier molecular flexibility index (Phi) is 7.96. The summed E-state index contributed by atoms with van der Waals surface area (Å²) in [7, 11) is 0. The molecular weight excluding hydrogens is 198 g/mol. The van der Waals surface area contributed by atoms with E-state index < -0.39 is 5.38 Å². The first-order chi connectivity index (χ1) is 6.57. The molecule has 0 aliphatic heterocycles. The zero-order valence-corrected chi connectivity index (χ0v) is 10.2. The fraction of sp³-hybridized carbons (Fsp3) is 0.909. The molecule has 0 heterocycles. The van der Waals surface area contributed by atoms with Crippen LogP contribution in [0, 0.1) is 0 Å². The molecule has 84 valence electrons. The Labute approximate surface area is 92.4 Å². The summed E-state index contributed by atoms with van der Waals surface area (Å²) in [5.74, 6) is -0.0605. The quantitative estimate of drug-likeness (QED) is 0.518. The van der Waals surface area contributed by atoms with Crippen molar-refractivity contribution in [2.75, 3.05) is 0 Å². The summed E-state index contributed by atoms with van der Waals surface area (Å²) in [6.45, 7) is 5.92. The first-order valence-corrected chi connectivity index (χ1v) is 5.96. The van der Waals surface area contributed by atoms with Crippen LogP contribution in [0.5, 0.6) is 0 Å². The van der Waals surface area contributed by atoms with E-state index in [2.05, 4.69) is 12.2 Å². The number of halogens is 1. The topological polar surface area (TPSA) is 29.1 Å². The summed E-state index contributed by atoms with van der Waals surface area (Å²) in [5, 5.41) is 2.46. The van der Waals surface area contributed by atoms with Crippen molar-refractivity contribution in [1.29, 1.82) is 0 Å². The van der Waals surface area contributed by atoms with Crippen molar-refractivity contribution in [2.24, 2.45) is 0 Å². The third-order valence-corrected chi connectivity index (χ3v) is 2.44. The standard InChI is InChI=1S/C11H22ClNO/c1-4-5-6-7-8-9(2)13-11(14)10(3)12/h9-10H,4-8H2,1-3H3,(H,13,14). The van der Waals surface area contributed by atoms with Crippen LogP contribution in [-0.4, -0.2) is 17.3 Å². The number of carbonyl (C=O) groups is 1. The second kappa shape index (κ2) is 8.10. The van der Waals surface area contributed by atoms with Crippen LogP contribution >= 0.6 is 11.6 Å². The van der Waals surface area contributed by atoms with Gasteiger partial charge in [0, 0.05) is 6.04 Å². The van der Waals surface area contributed by atoms with Crippen molar-refractivity contribution >= 4 is 17.5 Å². The Hall–Kier alpha value is -0.240. The van der Waals surface area contributed by atoms with E-state index in [1.165, 1.54) is 25.7 Å². The first kappa shape index (κ1) is 13.8. The van der Waals surface area contributed by atoms with E-state index in [0.29, 0.717) is 0 Å². The van der Waals surface area contributed by atoms with Gasteiger partial charge in [-0.2, -0.15) is 0 Å². The van der Waals surface area contributed by atoms with Crippen molar-refractivity contribution in [1.82, 2.24) is 5.32 Å². The Morgan fingerprint density at radius 1 is 1.29 bits per heavy atom. The van der Waals surface area contributed by atoms with Crippen molar-refractivity contribution in [3.05, 3.63) is 0 Å². The van der Waals surface area contributed by atoms with Gasteiger partial charge < -0.3 is 5.32 Å². The molecule has 0 saturated heterocycles. The minimum atomic E-state index is -0.423. The predicted octanol–water partition coefficient (Wildman–Crippen LogP) is 3.09. The molecule has 2 atom stereocenters. The average molecular weight is 220 g/mol. The van der Waals surface area contributed by atoms with Crippen molar-refractivity contribution in [3.8, 4) is 0 Å². The van der Waals surface area contributed by atoms with Gasteiger partial charge in [0.25, 0.3) is 0 Å². The molecular formula is C11H22ClNO. The van der Waals surface area contributed by atoms with E-state index in [4.69, 9.17) is 11.6 Å². The molecule has 0 fully saturated rings. The normalized spacial score (nSPS) is 14.9. The molecule has 2 nitrogen and oxygen atoms in total. The lowest BCUT2D eigenvalue weighted by atomic mass is 10.1. The Balaban J connectivity index is 3.45. The van der Waals surface area contributed by atoms with Crippen LogP contribution in [0.3, 0.4) is 0 Å². The van der Waals surface area contributed by atoms with Gasteiger partial charge in [-0.05, 0) is 20.3 Å². The van der Waals surface area contributed by atoms with Gasteiger partial charge in [-0.15, -0.1) is 11.6 Å². The first-order valence-electron chi connectivity index (χ1n) is 5.52. The van der Waals surface area contributed by atoms with Gasteiger partial charge in [0.1, 0.15) is 5.38 Å². The number of amides is 1. The highest BCUT2D eigenvalue weighted by Gasteiger charge is 2.11. The highest BCUT2D eigenvalue weighted by molar-refractivity contribution is 6.30. The molecule has 2 unspecified atom stereocenters. The van der Waals surface area contributed by atoms with E-state index in [1.807, 2.05) is 6.92 Å². The lowest BCUT2D eigenvalue weighted by Crippen LogP contribution is -2.36. The van der Waals surface area contributed by atoms with Gasteiger partial charge in [0.2, 0.25) is 5.91 Å². The second-order valence-electron chi connectivity index (χ2n) is 3.87. The number of nitrogens with one attached hydrogen (secondary N) is 1. The second-order valence-corrected chi connectivity index (χ2v) is 4.53. The van der Waals surface area contributed by atoms with Gasteiger partial charge in [-0.25, -0.2) is 0 Å². The smallest absolute Gasteiger partial charge is 0.237 e. The van der Waals surface area contributed by atoms with E-state index in [0.717, 1.165) is 6.42 Å². The summed E-state index contributed by atoms with van der Waals surface area (Å²) in [4.78, 5) is 11.2. The van der Waals surface area contributed by atoms with Crippen LogP contribution in [-0.2, 0) is 4.79 Å². The Morgan fingerprint density at radius 2 is 1.93 bits per heavy atom. The van der Waals surface area contributed by atoms with Gasteiger partial charge in [0.15, 0.2) is 0 Å². The predicted molar refractivity (Wildman–Crippen MR) is 61.7 cm³/mol. The fourth-order valence-corrected chi connectivity index (χ4v) is 1.37. The highest BCUT2D eigenvalue weighted by Crippen LogP contribution is 2.05. The molecule has 0 spiro atoms. The van der Waals surface area contributed by atoms with Crippen LogP contribution < -0.4 is 5.32 Å². The van der Waals surface area contributed by atoms with E-state index >= 15 is 0 Å². The molecule has 0 bridgehead atoms. The summed E-state index contributed by atoms with van der Waals surface area (Å²) in [6, 6.07) is 0.251. The van der Waals surface area contributed by atoms with Gasteiger partial charge in [-0.3, -0.25) is 4.79 Å². The van der Waals surface area contributed by atoms with Crippen molar-refractivity contribution in [2.45, 2.75) is 64.3 Å². The molecule has 0 aromatic heterocycles. The Bertz CT molecular complexity index is 159. The molecule has 0 aliphatic rings.